The molecule has 6 nitrogen and oxygen atoms in total. The lowest BCUT2D eigenvalue weighted by Crippen LogP contribution is -2.40. The Labute approximate surface area is 152 Å². The quantitative estimate of drug-likeness (QED) is 0.543. The van der Waals surface area contributed by atoms with Crippen molar-refractivity contribution in [2.45, 2.75) is 13.1 Å². The zero-order chi connectivity index (χ0) is 18.1. The second kappa shape index (κ2) is 6.68. The van der Waals surface area contributed by atoms with Crippen molar-refractivity contribution in [3.8, 4) is 5.75 Å². The number of fused-ring (bicyclic) bond motifs is 1. The number of ether oxygens (including phenoxy) is 1. The average molecular weight is 368 g/mol. The molecule has 0 saturated carbocycles. The molecule has 132 valence electrons. The van der Waals surface area contributed by atoms with Crippen LogP contribution in [-0.4, -0.2) is 16.2 Å². The van der Waals surface area contributed by atoms with E-state index in [-0.39, 0.29) is 17.8 Å². The van der Waals surface area contributed by atoms with Crippen LogP contribution in [0.5, 0.6) is 5.75 Å². The third-order valence-electron chi connectivity index (χ3n) is 4.21. The molecule has 4 rings (SSSR count). The van der Waals surface area contributed by atoms with Crippen molar-refractivity contribution in [1.29, 1.82) is 0 Å². The molecule has 3 aromatic heterocycles. The summed E-state index contributed by atoms with van der Waals surface area (Å²) in [6.45, 7) is 0.457. The van der Waals surface area contributed by atoms with Crippen molar-refractivity contribution in [2.24, 2.45) is 0 Å². The molecular weight excluding hydrogens is 352 g/mol. The second-order valence-corrected chi connectivity index (χ2v) is 6.74. The second-order valence-electron chi connectivity index (χ2n) is 5.83. The Bertz CT molecular complexity index is 1170. The molecule has 3 heterocycles. The molecular formula is C19H16N2O4S. The van der Waals surface area contributed by atoms with Gasteiger partial charge in [0.25, 0.3) is 5.56 Å². The van der Waals surface area contributed by atoms with Crippen molar-refractivity contribution in [3.63, 3.8) is 0 Å². The Morgan fingerprint density at radius 1 is 1.08 bits per heavy atom. The van der Waals surface area contributed by atoms with E-state index in [0.29, 0.717) is 22.5 Å². The summed E-state index contributed by atoms with van der Waals surface area (Å²) < 4.78 is 14.0. The minimum atomic E-state index is -0.361. The Kier molecular flexibility index (Phi) is 4.22. The van der Waals surface area contributed by atoms with Crippen LogP contribution in [0, 0.1) is 0 Å². The number of nitrogens with zero attached hydrogens (tertiary/aromatic N) is 2. The van der Waals surface area contributed by atoms with Gasteiger partial charge in [-0.15, -0.1) is 11.3 Å². The predicted molar refractivity (Wildman–Crippen MR) is 100 cm³/mol. The average Bonchev–Trinajstić information content (AvgIpc) is 3.34. The van der Waals surface area contributed by atoms with Crippen LogP contribution in [-0.2, 0) is 13.1 Å². The number of furan rings is 1. The normalized spacial score (nSPS) is 11.1. The molecule has 0 atom stereocenters. The standard InChI is InChI=1S/C19H16N2O4S/c1-24-14-5-2-4-13(10-14)11-20-16-7-9-26-17(16)18(22)21(19(20)23)12-15-6-3-8-25-15/h2-10H,11-12H2,1H3. The molecule has 0 radical (unpaired) electrons. The van der Waals surface area contributed by atoms with E-state index in [1.54, 1.807) is 29.9 Å². The zero-order valence-electron chi connectivity index (χ0n) is 14.0. The fraction of sp³-hybridized carbons (Fsp3) is 0.158. The summed E-state index contributed by atoms with van der Waals surface area (Å²) in [6, 6.07) is 12.8. The van der Waals surface area contributed by atoms with Crippen LogP contribution in [0.25, 0.3) is 10.2 Å². The van der Waals surface area contributed by atoms with Gasteiger partial charge < -0.3 is 9.15 Å². The number of benzene rings is 1. The highest BCUT2D eigenvalue weighted by molar-refractivity contribution is 7.17. The van der Waals surface area contributed by atoms with Crippen molar-refractivity contribution < 1.29 is 9.15 Å². The van der Waals surface area contributed by atoms with Crippen molar-refractivity contribution >= 4 is 21.6 Å². The Hall–Kier alpha value is -3.06. The van der Waals surface area contributed by atoms with Crippen LogP contribution in [0.4, 0.5) is 0 Å². The molecule has 26 heavy (non-hydrogen) atoms. The van der Waals surface area contributed by atoms with Gasteiger partial charge in [0.15, 0.2) is 0 Å². The van der Waals surface area contributed by atoms with E-state index in [1.807, 2.05) is 29.6 Å². The molecule has 0 aliphatic rings. The molecule has 0 unspecified atom stereocenters. The molecule has 0 saturated heterocycles. The number of methoxy groups -OCH3 is 1. The van der Waals surface area contributed by atoms with Crippen LogP contribution in [0.2, 0.25) is 0 Å². The van der Waals surface area contributed by atoms with Gasteiger partial charge >= 0.3 is 5.69 Å². The number of rotatable bonds is 5. The van der Waals surface area contributed by atoms with Crippen LogP contribution in [0.15, 0.2) is 68.1 Å². The van der Waals surface area contributed by atoms with Crippen molar-refractivity contribution in [1.82, 2.24) is 9.13 Å². The first-order chi connectivity index (χ1) is 12.7. The topological polar surface area (TPSA) is 66.4 Å². The lowest BCUT2D eigenvalue weighted by atomic mass is 10.2. The summed E-state index contributed by atoms with van der Waals surface area (Å²) in [5, 5.41) is 1.82. The third-order valence-corrected chi connectivity index (χ3v) is 5.10. The molecule has 0 aliphatic heterocycles. The molecule has 7 heteroatoms. The van der Waals surface area contributed by atoms with Gasteiger partial charge in [-0.2, -0.15) is 0 Å². The fourth-order valence-electron chi connectivity index (χ4n) is 2.94. The summed E-state index contributed by atoms with van der Waals surface area (Å²) in [4.78, 5) is 25.8. The minimum absolute atomic E-state index is 0.108. The molecule has 4 aromatic rings. The maximum Gasteiger partial charge on any atom is 0.332 e. The van der Waals surface area contributed by atoms with Gasteiger partial charge in [-0.05, 0) is 41.3 Å². The van der Waals surface area contributed by atoms with Gasteiger partial charge in [-0.25, -0.2) is 4.79 Å². The molecule has 0 N–H and O–H groups in total. The monoisotopic (exact) mass is 368 g/mol. The summed E-state index contributed by atoms with van der Waals surface area (Å²) in [6.07, 6.45) is 1.53. The molecule has 0 amide bonds. The minimum Gasteiger partial charge on any atom is -0.497 e. The Morgan fingerprint density at radius 2 is 1.96 bits per heavy atom. The van der Waals surface area contributed by atoms with Gasteiger partial charge in [0.2, 0.25) is 0 Å². The van der Waals surface area contributed by atoms with Gasteiger partial charge in [0.05, 0.1) is 32.0 Å². The van der Waals surface area contributed by atoms with Crippen LogP contribution in [0.1, 0.15) is 11.3 Å². The molecule has 0 aliphatic carbocycles. The van der Waals surface area contributed by atoms with Gasteiger partial charge in [-0.3, -0.25) is 13.9 Å². The van der Waals surface area contributed by atoms with Crippen LogP contribution < -0.4 is 16.0 Å². The largest absolute Gasteiger partial charge is 0.497 e. The van der Waals surface area contributed by atoms with E-state index in [4.69, 9.17) is 9.15 Å². The Morgan fingerprint density at radius 3 is 2.73 bits per heavy atom. The van der Waals surface area contributed by atoms with E-state index in [9.17, 15) is 9.59 Å². The highest BCUT2D eigenvalue weighted by atomic mass is 32.1. The van der Waals surface area contributed by atoms with Gasteiger partial charge in [-0.1, -0.05) is 12.1 Å². The maximum absolute atomic E-state index is 13.0. The SMILES string of the molecule is COc1cccc(Cn2c(=O)n(Cc3ccco3)c(=O)c3sccc32)c1. The lowest BCUT2D eigenvalue weighted by molar-refractivity contribution is 0.414. The first kappa shape index (κ1) is 16.4. The first-order valence-electron chi connectivity index (χ1n) is 8.03. The Balaban J connectivity index is 1.86. The number of aromatic nitrogens is 2. The van der Waals surface area contributed by atoms with E-state index in [2.05, 4.69) is 0 Å². The summed E-state index contributed by atoms with van der Waals surface area (Å²) in [7, 11) is 1.60. The van der Waals surface area contributed by atoms with Gasteiger partial charge in [0, 0.05) is 0 Å². The molecule has 1 aromatic carbocycles. The van der Waals surface area contributed by atoms with Gasteiger partial charge in [0.1, 0.15) is 16.2 Å². The smallest absolute Gasteiger partial charge is 0.332 e. The number of thiophene rings is 1. The van der Waals surface area contributed by atoms with E-state index in [0.717, 1.165) is 11.3 Å². The van der Waals surface area contributed by atoms with Crippen LogP contribution in [0.3, 0.4) is 0 Å². The van der Waals surface area contributed by atoms with E-state index >= 15 is 0 Å². The van der Waals surface area contributed by atoms with Crippen molar-refractivity contribution in [2.75, 3.05) is 7.11 Å². The van der Waals surface area contributed by atoms with E-state index in [1.165, 1.54) is 22.2 Å². The van der Waals surface area contributed by atoms with Crippen molar-refractivity contribution in [3.05, 3.63) is 86.3 Å². The predicted octanol–water partition coefficient (Wildman–Crippen LogP) is 2.92. The molecule has 0 bridgehead atoms. The number of hydrogen-bond acceptors (Lipinski definition) is 5. The summed E-state index contributed by atoms with van der Waals surface area (Å²) in [5.74, 6) is 1.29. The van der Waals surface area contributed by atoms with Crippen LogP contribution >= 0.6 is 11.3 Å². The highest BCUT2D eigenvalue weighted by Gasteiger charge is 2.15. The number of hydrogen-bond donors (Lipinski definition) is 0. The lowest BCUT2D eigenvalue weighted by Gasteiger charge is -2.12. The summed E-state index contributed by atoms with van der Waals surface area (Å²) >= 11 is 1.33. The van der Waals surface area contributed by atoms with E-state index < -0.39 is 0 Å². The summed E-state index contributed by atoms with van der Waals surface area (Å²) in [5.41, 5.74) is 0.907. The first-order valence-corrected chi connectivity index (χ1v) is 8.91. The molecule has 0 spiro atoms. The fourth-order valence-corrected chi connectivity index (χ4v) is 3.78. The third kappa shape index (κ3) is 2.86. The maximum atomic E-state index is 13.0. The zero-order valence-corrected chi connectivity index (χ0v) is 14.9. The highest BCUT2D eigenvalue weighted by Crippen LogP contribution is 2.18. The molecule has 0 fully saturated rings.